The molecular formula is C8H14N4O4S. The Hall–Kier alpha value is -1.64. The van der Waals surface area contributed by atoms with E-state index in [1.165, 1.54) is 4.57 Å². The van der Waals surface area contributed by atoms with Gasteiger partial charge in [0.2, 0.25) is 15.0 Å². The van der Waals surface area contributed by atoms with Crippen LogP contribution in [0.2, 0.25) is 0 Å². The van der Waals surface area contributed by atoms with Gasteiger partial charge in [0.25, 0.3) is 0 Å². The number of hydrogen-bond donors (Lipinski definition) is 2. The lowest BCUT2D eigenvalue weighted by atomic mass is 10.3. The lowest BCUT2D eigenvalue weighted by Crippen LogP contribution is -2.27. The molecule has 0 aliphatic rings. The molecule has 0 unspecified atom stereocenters. The summed E-state index contributed by atoms with van der Waals surface area (Å²) in [5.74, 6) is 0.273. The fraction of sp³-hybridized carbons (Fsp3) is 0.625. The third-order valence-corrected chi connectivity index (χ3v) is 3.09. The van der Waals surface area contributed by atoms with Gasteiger partial charge in [-0.1, -0.05) is 0 Å². The number of amides is 1. The first kappa shape index (κ1) is 13.4. The van der Waals surface area contributed by atoms with Crippen LogP contribution in [0.25, 0.3) is 0 Å². The lowest BCUT2D eigenvalue weighted by Gasteiger charge is -2.12. The highest BCUT2D eigenvalue weighted by Gasteiger charge is 2.23. The summed E-state index contributed by atoms with van der Waals surface area (Å²) in [6.45, 7) is 3.64. The van der Waals surface area contributed by atoms with Gasteiger partial charge < -0.3 is 15.0 Å². The molecule has 1 aromatic heterocycles. The molecule has 2 N–H and O–H groups in total. The van der Waals surface area contributed by atoms with Crippen molar-refractivity contribution in [2.24, 2.45) is 0 Å². The molecule has 0 radical (unpaired) electrons. The molecule has 0 saturated carbocycles. The average Bonchev–Trinajstić information content (AvgIpc) is 2.58. The van der Waals surface area contributed by atoms with E-state index in [0.717, 1.165) is 6.26 Å². The summed E-state index contributed by atoms with van der Waals surface area (Å²) in [6, 6.07) is -0.629. The van der Waals surface area contributed by atoms with Gasteiger partial charge in [-0.3, -0.25) is 0 Å². The summed E-state index contributed by atoms with van der Waals surface area (Å²) < 4.78 is 24.2. The normalized spacial score (nSPS) is 13.4. The minimum atomic E-state index is -3.47. The number of rotatable bonds is 4. The number of nitrogens with zero attached hydrogens (tertiary/aromatic N) is 3. The van der Waals surface area contributed by atoms with Crippen LogP contribution < -0.4 is 5.32 Å². The van der Waals surface area contributed by atoms with Gasteiger partial charge in [0, 0.05) is 12.8 Å². The van der Waals surface area contributed by atoms with E-state index in [-0.39, 0.29) is 11.0 Å². The zero-order chi connectivity index (χ0) is 13.2. The van der Waals surface area contributed by atoms with Crippen molar-refractivity contribution in [1.82, 2.24) is 20.1 Å². The van der Waals surface area contributed by atoms with Crippen LogP contribution in [0, 0.1) is 0 Å². The summed E-state index contributed by atoms with van der Waals surface area (Å²) in [5, 5.41) is 17.9. The predicted octanol–water partition coefficient (Wildman–Crippen LogP) is 0.0301. The molecule has 1 aromatic rings. The molecule has 1 atom stereocenters. The number of sulfone groups is 1. The van der Waals surface area contributed by atoms with Gasteiger partial charge in [-0.2, -0.15) is 0 Å². The summed E-state index contributed by atoms with van der Waals surface area (Å²) in [6.07, 6.45) is -0.175. The van der Waals surface area contributed by atoms with Crippen LogP contribution in [0.4, 0.5) is 4.79 Å². The van der Waals surface area contributed by atoms with Crippen LogP contribution >= 0.6 is 0 Å². The number of carbonyl (C=O) groups is 1. The van der Waals surface area contributed by atoms with E-state index < -0.39 is 22.0 Å². The first-order valence-electron chi connectivity index (χ1n) is 4.90. The Morgan fingerprint density at radius 2 is 2.12 bits per heavy atom. The Morgan fingerprint density at radius 3 is 2.53 bits per heavy atom. The number of carboxylic acid groups (broad SMARTS) is 1. The predicted molar refractivity (Wildman–Crippen MR) is 58.4 cm³/mol. The minimum Gasteiger partial charge on any atom is -0.465 e. The van der Waals surface area contributed by atoms with E-state index in [1.54, 1.807) is 13.8 Å². The van der Waals surface area contributed by atoms with Crippen molar-refractivity contribution < 1.29 is 18.3 Å². The van der Waals surface area contributed by atoms with Gasteiger partial charge in [-0.05, 0) is 13.8 Å². The van der Waals surface area contributed by atoms with Crippen molar-refractivity contribution >= 4 is 15.9 Å². The Labute approximate surface area is 98.6 Å². The minimum absolute atomic E-state index is 0.158. The molecule has 8 nitrogen and oxygen atoms in total. The van der Waals surface area contributed by atoms with Gasteiger partial charge >= 0.3 is 6.09 Å². The standard InChI is InChI=1S/C8H14N4O4S/c1-4-12-6(5(2)9-8(13)14)10-11-7(12)17(3,15)16/h5,9H,4H2,1-3H3,(H,13,14)/t5-/m1/s1. The Morgan fingerprint density at radius 1 is 1.53 bits per heavy atom. The monoisotopic (exact) mass is 262 g/mol. The molecule has 0 fully saturated rings. The number of nitrogens with one attached hydrogen (secondary N) is 1. The van der Waals surface area contributed by atoms with Crippen molar-refractivity contribution in [2.45, 2.75) is 31.6 Å². The molecule has 1 amide bonds. The number of hydrogen-bond acceptors (Lipinski definition) is 5. The average molecular weight is 262 g/mol. The van der Waals surface area contributed by atoms with Gasteiger partial charge in [0.15, 0.2) is 5.82 Å². The fourth-order valence-corrected chi connectivity index (χ4v) is 2.25. The Bertz CT molecular complexity index is 522. The van der Waals surface area contributed by atoms with Gasteiger partial charge in [0.05, 0.1) is 6.04 Å². The first-order chi connectivity index (χ1) is 7.77. The Balaban J connectivity index is 3.19. The zero-order valence-corrected chi connectivity index (χ0v) is 10.5. The molecule has 9 heteroatoms. The van der Waals surface area contributed by atoms with Crippen LogP contribution in [0.15, 0.2) is 5.16 Å². The van der Waals surface area contributed by atoms with E-state index in [2.05, 4.69) is 15.5 Å². The van der Waals surface area contributed by atoms with E-state index in [1.807, 2.05) is 0 Å². The SMILES string of the molecule is CCn1c([C@@H](C)NC(=O)O)nnc1S(C)(=O)=O. The second-order valence-corrected chi connectivity index (χ2v) is 5.44. The summed E-state index contributed by atoms with van der Waals surface area (Å²) in [4.78, 5) is 10.5. The van der Waals surface area contributed by atoms with E-state index in [9.17, 15) is 13.2 Å². The maximum absolute atomic E-state index is 11.4. The van der Waals surface area contributed by atoms with Crippen LogP contribution in [0.3, 0.4) is 0 Å². The molecule has 96 valence electrons. The maximum Gasteiger partial charge on any atom is 0.405 e. The third kappa shape index (κ3) is 2.93. The number of aromatic nitrogens is 3. The smallest absolute Gasteiger partial charge is 0.405 e. The highest BCUT2D eigenvalue weighted by atomic mass is 32.2. The van der Waals surface area contributed by atoms with Crippen LogP contribution in [0.1, 0.15) is 25.7 Å². The maximum atomic E-state index is 11.4. The van der Waals surface area contributed by atoms with E-state index in [4.69, 9.17) is 5.11 Å². The first-order valence-corrected chi connectivity index (χ1v) is 6.79. The topological polar surface area (TPSA) is 114 Å². The van der Waals surface area contributed by atoms with Gasteiger partial charge in [-0.25, -0.2) is 13.2 Å². The quantitative estimate of drug-likeness (QED) is 0.791. The molecule has 17 heavy (non-hydrogen) atoms. The van der Waals surface area contributed by atoms with Crippen LogP contribution in [-0.4, -0.2) is 40.6 Å². The molecular weight excluding hydrogens is 248 g/mol. The Kier molecular flexibility index (Phi) is 3.71. The summed E-state index contributed by atoms with van der Waals surface area (Å²) in [5.41, 5.74) is 0. The van der Waals surface area contributed by atoms with E-state index in [0.29, 0.717) is 6.54 Å². The van der Waals surface area contributed by atoms with Crippen molar-refractivity contribution in [1.29, 1.82) is 0 Å². The highest BCUT2D eigenvalue weighted by Crippen LogP contribution is 2.14. The fourth-order valence-electron chi connectivity index (χ4n) is 1.44. The van der Waals surface area contributed by atoms with Crippen molar-refractivity contribution in [3.05, 3.63) is 5.82 Å². The highest BCUT2D eigenvalue weighted by molar-refractivity contribution is 7.90. The second-order valence-electron chi connectivity index (χ2n) is 3.53. The van der Waals surface area contributed by atoms with Gasteiger partial charge in [0.1, 0.15) is 0 Å². The van der Waals surface area contributed by atoms with Crippen LogP contribution in [0.5, 0.6) is 0 Å². The van der Waals surface area contributed by atoms with E-state index >= 15 is 0 Å². The van der Waals surface area contributed by atoms with Crippen molar-refractivity contribution in [3.63, 3.8) is 0 Å². The third-order valence-electron chi connectivity index (χ3n) is 2.12. The largest absolute Gasteiger partial charge is 0.465 e. The molecule has 0 aromatic carbocycles. The molecule has 1 heterocycles. The second kappa shape index (κ2) is 4.70. The molecule has 0 saturated heterocycles. The van der Waals surface area contributed by atoms with Crippen molar-refractivity contribution in [3.8, 4) is 0 Å². The lowest BCUT2D eigenvalue weighted by molar-refractivity contribution is 0.190. The molecule has 0 aliphatic heterocycles. The van der Waals surface area contributed by atoms with Crippen molar-refractivity contribution in [2.75, 3.05) is 6.26 Å². The van der Waals surface area contributed by atoms with Gasteiger partial charge in [-0.15, -0.1) is 10.2 Å². The molecule has 1 rings (SSSR count). The zero-order valence-electron chi connectivity index (χ0n) is 9.71. The van der Waals surface area contributed by atoms with Crippen LogP contribution in [-0.2, 0) is 16.4 Å². The molecule has 0 aliphatic carbocycles. The molecule has 0 spiro atoms. The summed E-state index contributed by atoms with van der Waals surface area (Å²) in [7, 11) is -3.47. The molecule has 0 bridgehead atoms. The summed E-state index contributed by atoms with van der Waals surface area (Å²) >= 11 is 0.